The molecule has 3 aromatic rings. The molecule has 2 N–H and O–H groups in total. The van der Waals surface area contributed by atoms with Crippen LogP contribution in [-0.2, 0) is 0 Å². The van der Waals surface area contributed by atoms with E-state index < -0.39 is 22.7 Å². The van der Waals surface area contributed by atoms with Gasteiger partial charge in [-0.2, -0.15) is 0 Å². The summed E-state index contributed by atoms with van der Waals surface area (Å²) in [5, 5.41) is 16.4. The number of aryl methyl sites for hydroxylation is 1. The standard InChI is InChI=1S/C24H23FN4O4/c1-17-5-2-7-20(15-17)27-24(31)28(21-11-9-19(25)10-12-21)14-4-13-26-23(30)18-6-3-8-22(16-18)29(32)33/h2-3,5-12,15-16H,4,13-14H2,1H3,(H,26,30)(H,27,31). The van der Waals surface area contributed by atoms with E-state index in [1.807, 2.05) is 25.1 Å². The second-order valence-corrected chi connectivity index (χ2v) is 7.34. The van der Waals surface area contributed by atoms with Crippen LogP contribution in [0.2, 0.25) is 0 Å². The molecule has 3 rings (SSSR count). The topological polar surface area (TPSA) is 105 Å². The minimum Gasteiger partial charge on any atom is -0.352 e. The van der Waals surface area contributed by atoms with Crippen LogP contribution in [0.1, 0.15) is 22.3 Å². The third kappa shape index (κ3) is 6.60. The zero-order valence-electron chi connectivity index (χ0n) is 18.0. The maximum Gasteiger partial charge on any atom is 0.326 e. The van der Waals surface area contributed by atoms with Crippen LogP contribution in [0.25, 0.3) is 0 Å². The van der Waals surface area contributed by atoms with Crippen LogP contribution < -0.4 is 15.5 Å². The number of amides is 3. The van der Waals surface area contributed by atoms with Crippen molar-refractivity contribution in [3.8, 4) is 0 Å². The van der Waals surface area contributed by atoms with Gasteiger partial charge in [0.25, 0.3) is 11.6 Å². The van der Waals surface area contributed by atoms with E-state index in [-0.39, 0.29) is 24.3 Å². The number of hydrogen-bond donors (Lipinski definition) is 2. The van der Waals surface area contributed by atoms with Crippen LogP contribution in [-0.4, -0.2) is 30.0 Å². The van der Waals surface area contributed by atoms with Gasteiger partial charge in [0.2, 0.25) is 0 Å². The number of carbonyl (C=O) groups excluding carboxylic acids is 2. The number of non-ortho nitro benzene ring substituents is 1. The van der Waals surface area contributed by atoms with E-state index in [9.17, 15) is 24.1 Å². The fourth-order valence-electron chi connectivity index (χ4n) is 3.18. The van der Waals surface area contributed by atoms with Crippen LogP contribution in [0, 0.1) is 22.9 Å². The normalized spacial score (nSPS) is 10.4. The number of anilines is 2. The summed E-state index contributed by atoms with van der Waals surface area (Å²) in [4.78, 5) is 37.0. The van der Waals surface area contributed by atoms with Crippen molar-refractivity contribution in [2.45, 2.75) is 13.3 Å². The monoisotopic (exact) mass is 450 g/mol. The molecule has 3 aromatic carbocycles. The first-order chi connectivity index (χ1) is 15.8. The average molecular weight is 450 g/mol. The van der Waals surface area contributed by atoms with E-state index in [1.54, 1.807) is 6.07 Å². The maximum absolute atomic E-state index is 13.4. The quantitative estimate of drug-likeness (QED) is 0.289. The van der Waals surface area contributed by atoms with Gasteiger partial charge in [0, 0.05) is 42.2 Å². The molecule has 0 bridgehead atoms. The molecule has 0 aliphatic heterocycles. The predicted octanol–water partition coefficient (Wildman–Crippen LogP) is 4.90. The zero-order chi connectivity index (χ0) is 23.8. The van der Waals surface area contributed by atoms with Crippen molar-refractivity contribution in [2.24, 2.45) is 0 Å². The summed E-state index contributed by atoms with van der Waals surface area (Å²) in [5.74, 6) is -0.863. The van der Waals surface area contributed by atoms with Gasteiger partial charge in [-0.05, 0) is 61.4 Å². The molecular formula is C24H23FN4O4. The SMILES string of the molecule is Cc1cccc(NC(=O)N(CCCNC(=O)c2cccc([N+](=O)[O-])c2)c2ccc(F)cc2)c1. The molecule has 0 aliphatic rings. The molecule has 33 heavy (non-hydrogen) atoms. The second-order valence-electron chi connectivity index (χ2n) is 7.34. The van der Waals surface area contributed by atoms with Gasteiger partial charge in [-0.3, -0.25) is 19.8 Å². The lowest BCUT2D eigenvalue weighted by atomic mass is 10.2. The molecule has 0 aromatic heterocycles. The highest BCUT2D eigenvalue weighted by Crippen LogP contribution is 2.18. The number of nitro benzene ring substituents is 1. The number of rotatable bonds is 8. The molecule has 0 fully saturated rings. The Hall–Kier alpha value is -4.27. The molecule has 0 saturated carbocycles. The number of nitro groups is 1. The Bertz CT molecular complexity index is 1150. The molecule has 8 nitrogen and oxygen atoms in total. The summed E-state index contributed by atoms with van der Waals surface area (Å²) >= 11 is 0. The minimum atomic E-state index is -0.565. The number of nitrogens with zero attached hydrogens (tertiary/aromatic N) is 2. The molecule has 0 atom stereocenters. The number of benzene rings is 3. The van der Waals surface area contributed by atoms with Gasteiger partial charge in [0.1, 0.15) is 5.82 Å². The molecule has 9 heteroatoms. The average Bonchev–Trinajstić information content (AvgIpc) is 2.79. The lowest BCUT2D eigenvalue weighted by molar-refractivity contribution is -0.384. The predicted molar refractivity (Wildman–Crippen MR) is 124 cm³/mol. The zero-order valence-corrected chi connectivity index (χ0v) is 18.0. The van der Waals surface area contributed by atoms with Gasteiger partial charge in [-0.1, -0.05) is 18.2 Å². The van der Waals surface area contributed by atoms with Gasteiger partial charge in [-0.25, -0.2) is 9.18 Å². The number of hydrogen-bond acceptors (Lipinski definition) is 4. The van der Waals surface area contributed by atoms with Crippen LogP contribution in [0.15, 0.2) is 72.8 Å². The van der Waals surface area contributed by atoms with Crippen molar-refractivity contribution in [3.05, 3.63) is 99.9 Å². The smallest absolute Gasteiger partial charge is 0.326 e. The van der Waals surface area contributed by atoms with E-state index in [4.69, 9.17) is 0 Å². The maximum atomic E-state index is 13.4. The van der Waals surface area contributed by atoms with E-state index in [0.29, 0.717) is 17.8 Å². The van der Waals surface area contributed by atoms with Crippen molar-refractivity contribution in [1.29, 1.82) is 0 Å². The summed E-state index contributed by atoms with van der Waals surface area (Å²) in [6.07, 6.45) is 0.402. The lowest BCUT2D eigenvalue weighted by Crippen LogP contribution is -2.37. The van der Waals surface area contributed by atoms with E-state index in [0.717, 1.165) is 5.56 Å². The minimum absolute atomic E-state index is 0.169. The fraction of sp³-hybridized carbons (Fsp3) is 0.167. The molecule has 170 valence electrons. The van der Waals surface area contributed by atoms with Gasteiger partial charge in [0.15, 0.2) is 0 Å². The Kier molecular flexibility index (Phi) is 7.69. The third-order valence-electron chi connectivity index (χ3n) is 4.82. The number of carbonyl (C=O) groups is 2. The summed E-state index contributed by atoms with van der Waals surface area (Å²) in [6.45, 7) is 2.40. The summed E-state index contributed by atoms with van der Waals surface area (Å²) in [6, 6.07) is 18.0. The molecule has 0 heterocycles. The molecule has 0 radical (unpaired) electrons. The molecule has 0 saturated heterocycles. The Morgan fingerprint density at radius 2 is 1.76 bits per heavy atom. The molecule has 0 aliphatic carbocycles. The lowest BCUT2D eigenvalue weighted by Gasteiger charge is -2.23. The van der Waals surface area contributed by atoms with E-state index in [1.165, 1.54) is 53.4 Å². The highest BCUT2D eigenvalue weighted by atomic mass is 19.1. The Labute approximate surface area is 190 Å². The van der Waals surface area contributed by atoms with Gasteiger partial charge in [-0.15, -0.1) is 0 Å². The van der Waals surface area contributed by atoms with Gasteiger partial charge >= 0.3 is 6.03 Å². The Morgan fingerprint density at radius 3 is 2.45 bits per heavy atom. The highest BCUT2D eigenvalue weighted by molar-refractivity contribution is 6.01. The van der Waals surface area contributed by atoms with Crippen molar-refractivity contribution in [3.63, 3.8) is 0 Å². The third-order valence-corrected chi connectivity index (χ3v) is 4.82. The van der Waals surface area contributed by atoms with Crippen LogP contribution in [0.5, 0.6) is 0 Å². The number of nitrogens with one attached hydrogen (secondary N) is 2. The van der Waals surface area contributed by atoms with Crippen molar-refractivity contribution < 1.29 is 18.9 Å². The largest absolute Gasteiger partial charge is 0.352 e. The summed E-state index contributed by atoms with van der Waals surface area (Å²) in [7, 11) is 0. The first kappa shape index (κ1) is 23.4. The summed E-state index contributed by atoms with van der Waals surface area (Å²) < 4.78 is 13.4. The highest BCUT2D eigenvalue weighted by Gasteiger charge is 2.17. The number of halogens is 1. The van der Waals surface area contributed by atoms with E-state index in [2.05, 4.69) is 10.6 Å². The van der Waals surface area contributed by atoms with Crippen LogP contribution >= 0.6 is 0 Å². The van der Waals surface area contributed by atoms with Crippen LogP contribution in [0.3, 0.4) is 0 Å². The fourth-order valence-corrected chi connectivity index (χ4v) is 3.18. The van der Waals surface area contributed by atoms with Gasteiger partial charge < -0.3 is 10.6 Å². The Morgan fingerprint density at radius 1 is 1.03 bits per heavy atom. The van der Waals surface area contributed by atoms with Gasteiger partial charge in [0.05, 0.1) is 4.92 Å². The van der Waals surface area contributed by atoms with Crippen LogP contribution in [0.4, 0.5) is 26.2 Å². The summed E-state index contributed by atoms with van der Waals surface area (Å²) in [5.41, 5.74) is 2.14. The molecule has 0 spiro atoms. The van der Waals surface area contributed by atoms with Crippen molar-refractivity contribution in [2.75, 3.05) is 23.3 Å². The molecular weight excluding hydrogens is 427 g/mol. The van der Waals surface area contributed by atoms with Crippen molar-refractivity contribution >= 4 is 29.0 Å². The van der Waals surface area contributed by atoms with Crippen molar-refractivity contribution in [1.82, 2.24) is 5.32 Å². The molecule has 0 unspecified atom stereocenters. The first-order valence-electron chi connectivity index (χ1n) is 10.3. The first-order valence-corrected chi connectivity index (χ1v) is 10.3. The second kappa shape index (κ2) is 10.9. The number of urea groups is 1. The Balaban J connectivity index is 1.63. The molecule has 3 amide bonds. The van der Waals surface area contributed by atoms with E-state index >= 15 is 0 Å².